The Hall–Kier alpha value is -2.67. The summed E-state index contributed by atoms with van der Waals surface area (Å²) in [5.41, 5.74) is 2.16. The van der Waals surface area contributed by atoms with Gasteiger partial charge in [-0.15, -0.1) is 0 Å². The van der Waals surface area contributed by atoms with Crippen molar-refractivity contribution in [3.8, 4) is 5.75 Å². The summed E-state index contributed by atoms with van der Waals surface area (Å²) >= 11 is 0. The first-order valence-electron chi connectivity index (χ1n) is 10.5. The van der Waals surface area contributed by atoms with Gasteiger partial charge in [0.05, 0.1) is 32.3 Å². The van der Waals surface area contributed by atoms with Crippen molar-refractivity contribution in [2.75, 3.05) is 55.8 Å². The molecule has 3 rings (SSSR count). The van der Waals surface area contributed by atoms with Crippen LogP contribution in [-0.4, -0.2) is 73.3 Å². The molecule has 1 saturated heterocycles. The highest BCUT2D eigenvalue weighted by Gasteiger charge is 2.30. The van der Waals surface area contributed by atoms with Crippen molar-refractivity contribution < 1.29 is 31.1 Å². The number of nitrogens with one attached hydrogen (secondary N) is 1. The highest BCUT2D eigenvalue weighted by Crippen LogP contribution is 2.30. The molecule has 0 radical (unpaired) electrons. The molecule has 1 amide bonds. The second-order valence-electron chi connectivity index (χ2n) is 7.99. The van der Waals surface area contributed by atoms with Crippen molar-refractivity contribution in [2.24, 2.45) is 0 Å². The number of ether oxygens (including phenoxy) is 2. The monoisotopic (exact) mass is 511 g/mol. The Balaban J connectivity index is 1.88. The number of hydrogen-bond acceptors (Lipinski definition) is 7. The lowest BCUT2D eigenvalue weighted by Crippen LogP contribution is -2.40. The Morgan fingerprint density at radius 1 is 1.09 bits per heavy atom. The van der Waals surface area contributed by atoms with E-state index in [1.54, 1.807) is 19.1 Å². The van der Waals surface area contributed by atoms with Crippen molar-refractivity contribution in [3.63, 3.8) is 0 Å². The largest absolute Gasteiger partial charge is 0.495 e. The molecule has 1 heterocycles. The Labute approximate surface area is 200 Å². The number of sulfonamides is 2. The van der Waals surface area contributed by atoms with Crippen LogP contribution >= 0.6 is 0 Å². The number of amides is 1. The fourth-order valence-corrected chi connectivity index (χ4v) is 6.08. The van der Waals surface area contributed by atoms with Crippen LogP contribution in [0.3, 0.4) is 0 Å². The second-order valence-corrected chi connectivity index (χ2v) is 11.8. The lowest BCUT2D eigenvalue weighted by atomic mass is 10.1. The van der Waals surface area contributed by atoms with Gasteiger partial charge in [-0.05, 0) is 49.2 Å². The highest BCUT2D eigenvalue weighted by atomic mass is 32.2. The minimum Gasteiger partial charge on any atom is -0.495 e. The third-order valence-corrected chi connectivity index (χ3v) is 8.40. The minimum absolute atomic E-state index is 0.0933. The van der Waals surface area contributed by atoms with E-state index < -0.39 is 32.5 Å². The number of aryl methyl sites for hydroxylation is 2. The van der Waals surface area contributed by atoms with Gasteiger partial charge >= 0.3 is 0 Å². The van der Waals surface area contributed by atoms with E-state index in [4.69, 9.17) is 9.47 Å². The molecule has 0 saturated carbocycles. The number of anilines is 2. The third kappa shape index (κ3) is 5.87. The number of hydrogen-bond donors (Lipinski definition) is 1. The number of nitrogens with zero attached hydrogens (tertiary/aromatic N) is 2. The molecule has 1 N–H and O–H groups in total. The SMILES string of the molecule is COc1ccc(NC(=O)CN(c2cc(C)ccc2C)S(C)(=O)=O)cc1S(=O)(=O)N1CCOCC1. The predicted molar refractivity (Wildman–Crippen MR) is 129 cm³/mol. The summed E-state index contributed by atoms with van der Waals surface area (Å²) in [5.74, 6) is -0.483. The van der Waals surface area contributed by atoms with Gasteiger partial charge in [-0.3, -0.25) is 9.10 Å². The van der Waals surface area contributed by atoms with Gasteiger partial charge in [0.2, 0.25) is 26.0 Å². The number of carbonyl (C=O) groups excluding carboxylic acids is 1. The van der Waals surface area contributed by atoms with E-state index in [9.17, 15) is 21.6 Å². The van der Waals surface area contributed by atoms with Crippen LogP contribution in [0.4, 0.5) is 11.4 Å². The third-order valence-electron chi connectivity index (χ3n) is 5.36. The molecule has 186 valence electrons. The maximum absolute atomic E-state index is 13.2. The molecule has 0 unspecified atom stereocenters. The van der Waals surface area contributed by atoms with Crippen LogP contribution in [0.15, 0.2) is 41.3 Å². The number of benzene rings is 2. The quantitative estimate of drug-likeness (QED) is 0.573. The van der Waals surface area contributed by atoms with E-state index in [1.165, 1.54) is 29.6 Å². The Kier molecular flexibility index (Phi) is 7.86. The van der Waals surface area contributed by atoms with Gasteiger partial charge in [-0.1, -0.05) is 12.1 Å². The van der Waals surface area contributed by atoms with Crippen LogP contribution in [0.25, 0.3) is 0 Å². The maximum Gasteiger partial charge on any atom is 0.246 e. The van der Waals surface area contributed by atoms with Gasteiger partial charge in [0, 0.05) is 18.8 Å². The van der Waals surface area contributed by atoms with Crippen molar-refractivity contribution >= 4 is 37.3 Å². The number of morpholine rings is 1. The van der Waals surface area contributed by atoms with Crippen LogP contribution in [-0.2, 0) is 29.6 Å². The van der Waals surface area contributed by atoms with Crippen LogP contribution in [0.2, 0.25) is 0 Å². The van der Waals surface area contributed by atoms with E-state index in [-0.39, 0.29) is 42.6 Å². The molecule has 0 bridgehead atoms. The molecule has 0 atom stereocenters. The molecule has 2 aromatic carbocycles. The summed E-state index contributed by atoms with van der Waals surface area (Å²) < 4.78 is 64.0. The van der Waals surface area contributed by atoms with Crippen molar-refractivity contribution in [2.45, 2.75) is 18.7 Å². The maximum atomic E-state index is 13.2. The van der Waals surface area contributed by atoms with E-state index in [1.807, 2.05) is 13.0 Å². The van der Waals surface area contributed by atoms with E-state index in [2.05, 4.69) is 5.32 Å². The summed E-state index contributed by atoms with van der Waals surface area (Å²) in [5, 5.41) is 2.61. The van der Waals surface area contributed by atoms with Crippen molar-refractivity contribution in [1.29, 1.82) is 0 Å². The summed E-state index contributed by atoms with van der Waals surface area (Å²) in [6, 6.07) is 9.59. The van der Waals surface area contributed by atoms with E-state index in [0.717, 1.165) is 16.1 Å². The number of rotatable bonds is 8. The van der Waals surface area contributed by atoms with Gasteiger partial charge in [0.1, 0.15) is 17.2 Å². The summed E-state index contributed by atoms with van der Waals surface area (Å²) in [7, 11) is -6.29. The molecule has 34 heavy (non-hydrogen) atoms. The lowest BCUT2D eigenvalue weighted by Gasteiger charge is -2.27. The van der Waals surface area contributed by atoms with Crippen LogP contribution in [0, 0.1) is 13.8 Å². The van der Waals surface area contributed by atoms with Gasteiger partial charge in [0.15, 0.2) is 0 Å². The molecule has 1 aliphatic heterocycles. The van der Waals surface area contributed by atoms with E-state index in [0.29, 0.717) is 11.3 Å². The Morgan fingerprint density at radius 3 is 2.38 bits per heavy atom. The molecule has 0 spiro atoms. The fourth-order valence-electron chi connectivity index (χ4n) is 3.58. The average molecular weight is 512 g/mol. The molecule has 2 aromatic rings. The first-order chi connectivity index (χ1) is 15.9. The topological polar surface area (TPSA) is 122 Å². The standard InChI is InChI=1S/C22H29N3O7S2/c1-16-5-6-17(2)19(13-16)25(33(4,27)28)15-22(26)23-18-7-8-20(31-3)21(14-18)34(29,30)24-9-11-32-12-10-24/h5-8,13-14H,9-12,15H2,1-4H3,(H,23,26). The van der Waals surface area contributed by atoms with Gasteiger partial charge in [0.25, 0.3) is 0 Å². The number of methoxy groups -OCH3 is 1. The smallest absolute Gasteiger partial charge is 0.246 e. The fraction of sp³-hybridized carbons (Fsp3) is 0.409. The van der Waals surface area contributed by atoms with Gasteiger partial charge < -0.3 is 14.8 Å². The minimum atomic E-state index is -3.89. The van der Waals surface area contributed by atoms with Crippen LogP contribution in [0.1, 0.15) is 11.1 Å². The highest BCUT2D eigenvalue weighted by molar-refractivity contribution is 7.92. The molecule has 12 heteroatoms. The molecule has 0 aliphatic carbocycles. The summed E-state index contributed by atoms with van der Waals surface area (Å²) in [4.78, 5) is 12.7. The van der Waals surface area contributed by atoms with E-state index >= 15 is 0 Å². The van der Waals surface area contributed by atoms with Gasteiger partial charge in [-0.2, -0.15) is 4.31 Å². The summed E-state index contributed by atoms with van der Waals surface area (Å²) in [6.45, 7) is 4.12. The molecule has 10 nitrogen and oxygen atoms in total. The molecular weight excluding hydrogens is 482 g/mol. The second kappa shape index (κ2) is 10.3. The van der Waals surface area contributed by atoms with Crippen LogP contribution in [0.5, 0.6) is 5.75 Å². The van der Waals surface area contributed by atoms with Crippen molar-refractivity contribution in [1.82, 2.24) is 4.31 Å². The number of carbonyl (C=O) groups is 1. The van der Waals surface area contributed by atoms with Gasteiger partial charge in [-0.25, -0.2) is 16.8 Å². The first-order valence-corrected chi connectivity index (χ1v) is 13.8. The van der Waals surface area contributed by atoms with Crippen LogP contribution < -0.4 is 14.4 Å². The summed E-state index contributed by atoms with van der Waals surface area (Å²) in [6.07, 6.45) is 1.03. The first kappa shape index (κ1) is 25.9. The molecule has 0 aromatic heterocycles. The molecule has 1 fully saturated rings. The normalized spacial score (nSPS) is 15.1. The lowest BCUT2D eigenvalue weighted by molar-refractivity contribution is -0.114. The average Bonchev–Trinajstić information content (AvgIpc) is 2.79. The predicted octanol–water partition coefficient (Wildman–Crippen LogP) is 1.74. The zero-order chi connectivity index (χ0) is 25.1. The zero-order valence-corrected chi connectivity index (χ0v) is 21.2. The molecular formula is C22H29N3O7S2. The zero-order valence-electron chi connectivity index (χ0n) is 19.6. The molecule has 1 aliphatic rings. The Morgan fingerprint density at radius 2 is 1.76 bits per heavy atom. The van der Waals surface area contributed by atoms with Crippen molar-refractivity contribution in [3.05, 3.63) is 47.5 Å². The Bertz CT molecular complexity index is 1270.